The monoisotopic (exact) mass is 603 g/mol. The summed E-state index contributed by atoms with van der Waals surface area (Å²) in [4.78, 5) is 16.7. The third-order valence-electron chi connectivity index (χ3n) is 8.38. The van der Waals surface area contributed by atoms with Crippen LogP contribution >= 0.6 is 0 Å². The topological polar surface area (TPSA) is 68.0 Å². The Hall–Kier alpha value is -3.53. The van der Waals surface area contributed by atoms with Crippen LogP contribution in [0.25, 0.3) is 11.0 Å². The molecule has 0 bridgehead atoms. The number of rotatable bonds is 8. The maximum atomic E-state index is 16.6. The summed E-state index contributed by atoms with van der Waals surface area (Å²) in [6.07, 6.45) is -0.177. The molecule has 1 aromatic heterocycles. The van der Waals surface area contributed by atoms with Crippen LogP contribution in [0.4, 0.5) is 10.1 Å². The highest BCUT2D eigenvalue weighted by Crippen LogP contribution is 2.40. The number of morpholine rings is 1. The predicted molar refractivity (Wildman–Crippen MR) is 171 cm³/mol. The summed E-state index contributed by atoms with van der Waals surface area (Å²) in [7, 11) is -1.25. The SMILES string of the molecule is CCN(C)C(=O)c1noc2c(F)c(N3C[C@@H](C)O[C@@H](C)C3)c(CO[Si](c3ccccc3)(c3ccccc3)C(C)(C)C)cc12. The van der Waals surface area contributed by atoms with Gasteiger partial charge in [-0.25, -0.2) is 4.39 Å². The van der Waals surface area contributed by atoms with Crippen LogP contribution in [-0.2, 0) is 15.8 Å². The lowest BCUT2D eigenvalue weighted by molar-refractivity contribution is -0.00549. The average Bonchev–Trinajstić information content (AvgIpc) is 3.41. The summed E-state index contributed by atoms with van der Waals surface area (Å²) in [6, 6.07) is 22.6. The van der Waals surface area contributed by atoms with Crippen molar-refractivity contribution in [2.75, 3.05) is 31.6 Å². The second-order valence-corrected chi connectivity index (χ2v) is 16.8. The van der Waals surface area contributed by atoms with E-state index in [9.17, 15) is 4.79 Å². The first kappa shape index (κ1) is 30.9. The van der Waals surface area contributed by atoms with Crippen LogP contribution in [0.1, 0.15) is 57.6 Å². The molecule has 3 aromatic carbocycles. The third-order valence-corrected chi connectivity index (χ3v) is 13.4. The van der Waals surface area contributed by atoms with Crippen molar-refractivity contribution in [1.29, 1.82) is 0 Å². The first-order valence-electron chi connectivity index (χ1n) is 15.0. The van der Waals surface area contributed by atoms with E-state index in [0.717, 1.165) is 10.4 Å². The van der Waals surface area contributed by atoms with Crippen LogP contribution in [0, 0.1) is 5.82 Å². The minimum atomic E-state index is -2.94. The molecule has 228 valence electrons. The van der Waals surface area contributed by atoms with Gasteiger partial charge in [-0.1, -0.05) is 86.6 Å². The summed E-state index contributed by atoms with van der Waals surface area (Å²) < 4.78 is 35.4. The van der Waals surface area contributed by atoms with Gasteiger partial charge in [0.1, 0.15) is 0 Å². The fourth-order valence-corrected chi connectivity index (χ4v) is 10.8. The first-order chi connectivity index (χ1) is 20.5. The Morgan fingerprint density at radius 1 is 1.05 bits per heavy atom. The highest BCUT2D eigenvalue weighted by atomic mass is 28.4. The number of fused-ring (bicyclic) bond motifs is 1. The number of carbonyl (C=O) groups is 1. The maximum absolute atomic E-state index is 16.6. The van der Waals surface area contributed by atoms with Gasteiger partial charge in [-0.15, -0.1) is 0 Å². The zero-order valence-electron chi connectivity index (χ0n) is 26.2. The molecule has 1 fully saturated rings. The Balaban J connectivity index is 1.70. The van der Waals surface area contributed by atoms with Crippen molar-refractivity contribution >= 4 is 41.3 Å². The third kappa shape index (κ3) is 5.73. The summed E-state index contributed by atoms with van der Waals surface area (Å²) in [5.74, 6) is -0.855. The van der Waals surface area contributed by atoms with Gasteiger partial charge >= 0.3 is 0 Å². The fraction of sp³-hybridized carbons (Fsp3) is 0.412. The first-order valence-corrected chi connectivity index (χ1v) is 16.9. The second kappa shape index (κ2) is 12.2. The van der Waals surface area contributed by atoms with Crippen LogP contribution in [0.2, 0.25) is 5.04 Å². The highest BCUT2D eigenvalue weighted by Gasteiger charge is 2.50. The number of amides is 1. The van der Waals surface area contributed by atoms with Crippen molar-refractivity contribution < 1.29 is 22.9 Å². The molecule has 2 atom stereocenters. The van der Waals surface area contributed by atoms with E-state index >= 15 is 4.39 Å². The number of carbonyl (C=O) groups excluding carboxylic acids is 1. The zero-order valence-corrected chi connectivity index (χ0v) is 27.2. The molecule has 9 heteroatoms. The lowest BCUT2D eigenvalue weighted by Gasteiger charge is -2.43. The van der Waals surface area contributed by atoms with Gasteiger partial charge in [-0.2, -0.15) is 0 Å². The second-order valence-electron chi connectivity index (χ2n) is 12.5. The van der Waals surface area contributed by atoms with Crippen LogP contribution in [0.3, 0.4) is 0 Å². The number of hydrogen-bond acceptors (Lipinski definition) is 6. The number of nitrogens with zero attached hydrogens (tertiary/aromatic N) is 3. The Bertz CT molecular complexity index is 1520. The van der Waals surface area contributed by atoms with Crippen LogP contribution in [0.15, 0.2) is 71.3 Å². The number of ether oxygens (including phenoxy) is 1. The molecule has 43 heavy (non-hydrogen) atoms. The van der Waals surface area contributed by atoms with Gasteiger partial charge in [0, 0.05) is 32.2 Å². The number of halogens is 1. The Labute approximate surface area is 254 Å². The lowest BCUT2D eigenvalue weighted by atomic mass is 10.0. The standard InChI is InChI=1S/C34H42FN3O4Si/c1-8-37(7)33(39)30-28-19-25(31(29(35)32(28)42-36-30)38-20-23(2)41-24(3)21-38)22-40-43(34(4,5)6,26-15-11-9-12-16-26)27-17-13-10-14-18-27/h9-19,23-24H,8,20-22H2,1-7H3/t23-,24+. The van der Waals surface area contributed by atoms with E-state index in [0.29, 0.717) is 36.3 Å². The molecule has 1 saturated heterocycles. The molecule has 1 aliphatic heterocycles. The van der Waals surface area contributed by atoms with Gasteiger partial charge in [0.2, 0.25) is 5.58 Å². The normalized spacial score (nSPS) is 17.8. The smallest absolute Gasteiger partial charge is 0.276 e. The average molecular weight is 604 g/mol. The van der Waals surface area contributed by atoms with E-state index in [-0.39, 0.29) is 41.0 Å². The van der Waals surface area contributed by atoms with Crippen LogP contribution < -0.4 is 15.3 Å². The largest absolute Gasteiger partial charge is 0.403 e. The minimum absolute atomic E-state index is 0.0242. The molecule has 0 N–H and O–H groups in total. The molecule has 1 amide bonds. The maximum Gasteiger partial charge on any atom is 0.276 e. The van der Waals surface area contributed by atoms with Gasteiger partial charge in [0.15, 0.2) is 11.5 Å². The Kier molecular flexibility index (Phi) is 8.79. The lowest BCUT2D eigenvalue weighted by Crippen LogP contribution is -2.66. The van der Waals surface area contributed by atoms with E-state index in [1.165, 1.54) is 4.90 Å². The highest BCUT2D eigenvalue weighted by molar-refractivity contribution is 6.99. The molecular formula is C34H42FN3O4Si. The molecule has 4 aromatic rings. The van der Waals surface area contributed by atoms with Gasteiger partial charge in [0.05, 0.1) is 29.9 Å². The predicted octanol–water partition coefficient (Wildman–Crippen LogP) is 5.75. The van der Waals surface area contributed by atoms with E-state index in [1.807, 2.05) is 68.1 Å². The molecule has 0 radical (unpaired) electrons. The Morgan fingerprint density at radius 3 is 2.12 bits per heavy atom. The molecular weight excluding hydrogens is 561 g/mol. The van der Waals surface area contributed by atoms with Gasteiger partial charge in [0.25, 0.3) is 14.2 Å². The number of hydrogen-bond donors (Lipinski definition) is 0. The van der Waals surface area contributed by atoms with E-state index in [2.05, 4.69) is 50.2 Å². The van der Waals surface area contributed by atoms with Crippen molar-refractivity contribution in [1.82, 2.24) is 10.1 Å². The van der Waals surface area contributed by atoms with E-state index in [1.54, 1.807) is 7.05 Å². The number of benzene rings is 3. The molecule has 0 spiro atoms. The van der Waals surface area contributed by atoms with Crippen molar-refractivity contribution in [2.24, 2.45) is 0 Å². The van der Waals surface area contributed by atoms with Crippen molar-refractivity contribution in [3.63, 3.8) is 0 Å². The van der Waals surface area contributed by atoms with Gasteiger partial charge in [-0.3, -0.25) is 4.79 Å². The minimum Gasteiger partial charge on any atom is -0.403 e. The van der Waals surface area contributed by atoms with E-state index in [4.69, 9.17) is 13.7 Å². The summed E-state index contributed by atoms with van der Waals surface area (Å²) in [5, 5.41) is 6.40. The quantitative estimate of drug-likeness (QED) is 0.239. The molecule has 2 heterocycles. The molecule has 1 aliphatic rings. The van der Waals surface area contributed by atoms with Gasteiger partial charge in [-0.05, 0) is 42.2 Å². The van der Waals surface area contributed by atoms with Crippen molar-refractivity contribution in [2.45, 2.75) is 65.4 Å². The van der Waals surface area contributed by atoms with Crippen molar-refractivity contribution in [3.05, 3.63) is 83.8 Å². The zero-order chi connectivity index (χ0) is 30.9. The Morgan fingerprint density at radius 2 is 1.60 bits per heavy atom. The van der Waals surface area contributed by atoms with Crippen LogP contribution in [-0.4, -0.2) is 63.2 Å². The summed E-state index contributed by atoms with van der Waals surface area (Å²) in [5.41, 5.74) is 1.13. The summed E-state index contributed by atoms with van der Waals surface area (Å²) in [6.45, 7) is 14.1. The molecule has 7 nitrogen and oxygen atoms in total. The van der Waals surface area contributed by atoms with Gasteiger partial charge < -0.3 is 23.5 Å². The summed E-state index contributed by atoms with van der Waals surface area (Å²) >= 11 is 0. The number of aromatic nitrogens is 1. The molecule has 0 aliphatic carbocycles. The fourth-order valence-electron chi connectivity index (χ4n) is 6.32. The van der Waals surface area contributed by atoms with E-state index < -0.39 is 14.1 Å². The molecule has 0 saturated carbocycles. The van der Waals surface area contributed by atoms with Crippen LogP contribution in [0.5, 0.6) is 0 Å². The number of anilines is 1. The molecule has 0 unspecified atom stereocenters. The molecule has 5 rings (SSSR count). The van der Waals surface area contributed by atoms with Crippen molar-refractivity contribution in [3.8, 4) is 0 Å².